The van der Waals surface area contributed by atoms with Gasteiger partial charge >= 0.3 is 8.80 Å². The van der Waals surface area contributed by atoms with Crippen molar-refractivity contribution in [2.45, 2.75) is 20.8 Å². The van der Waals surface area contributed by atoms with E-state index in [-0.39, 0.29) is 0 Å². The Labute approximate surface area is 101 Å². The number of hydrogen-bond acceptors (Lipinski definition) is 3. The molecular weight excluding hydrogens is 311 g/mol. The van der Waals surface area contributed by atoms with E-state index in [1.54, 1.807) is 0 Å². The van der Waals surface area contributed by atoms with E-state index in [1.165, 1.54) is 0 Å². The molecule has 0 aromatic carbocycles. The van der Waals surface area contributed by atoms with Crippen molar-refractivity contribution in [1.29, 1.82) is 0 Å². The second-order valence-corrected chi connectivity index (χ2v) is 5.75. The number of hydrogen-bond donors (Lipinski definition) is 0. The molecule has 5 heteroatoms. The third kappa shape index (κ3) is 5.45. The SMILES string of the molecule is CCO[Si](C=CCI)(OCC)OCC. The van der Waals surface area contributed by atoms with Gasteiger partial charge in [0.15, 0.2) is 0 Å². The fourth-order valence-corrected chi connectivity index (χ4v) is 3.95. The Morgan fingerprint density at radius 3 is 1.71 bits per heavy atom. The fourth-order valence-electron chi connectivity index (χ4n) is 1.06. The van der Waals surface area contributed by atoms with E-state index in [4.69, 9.17) is 13.3 Å². The maximum Gasteiger partial charge on any atom is 0.529 e. The zero-order valence-corrected chi connectivity index (χ0v) is 12.2. The third-order valence-corrected chi connectivity index (χ3v) is 4.67. The molecule has 0 saturated heterocycles. The van der Waals surface area contributed by atoms with E-state index in [9.17, 15) is 0 Å². The monoisotopic (exact) mass is 330 g/mol. The van der Waals surface area contributed by atoms with Gasteiger partial charge in [-0.15, -0.1) is 0 Å². The van der Waals surface area contributed by atoms with Gasteiger partial charge in [-0.2, -0.15) is 0 Å². The molecule has 84 valence electrons. The van der Waals surface area contributed by atoms with Crippen molar-refractivity contribution < 1.29 is 13.3 Å². The van der Waals surface area contributed by atoms with Crippen molar-refractivity contribution in [3.8, 4) is 0 Å². The largest absolute Gasteiger partial charge is 0.529 e. The zero-order chi connectivity index (χ0) is 10.9. The third-order valence-electron chi connectivity index (χ3n) is 1.45. The lowest BCUT2D eigenvalue weighted by Crippen LogP contribution is -2.44. The number of rotatable bonds is 8. The Morgan fingerprint density at radius 1 is 1.00 bits per heavy atom. The first-order chi connectivity index (χ1) is 6.74. The molecule has 0 unspecified atom stereocenters. The summed E-state index contributed by atoms with van der Waals surface area (Å²) in [5.74, 6) is 0. The molecule has 3 nitrogen and oxygen atoms in total. The number of halogens is 1. The van der Waals surface area contributed by atoms with Crippen LogP contribution < -0.4 is 0 Å². The molecule has 0 aliphatic carbocycles. The Balaban J connectivity index is 4.45. The topological polar surface area (TPSA) is 27.7 Å². The van der Waals surface area contributed by atoms with Crippen LogP contribution in [0, 0.1) is 0 Å². The van der Waals surface area contributed by atoms with Crippen LogP contribution in [0.25, 0.3) is 0 Å². The first kappa shape index (κ1) is 14.6. The smallest absolute Gasteiger partial charge is 0.371 e. The zero-order valence-electron chi connectivity index (χ0n) is 9.09. The molecule has 0 radical (unpaired) electrons. The highest BCUT2D eigenvalue weighted by molar-refractivity contribution is 14.1. The summed E-state index contributed by atoms with van der Waals surface area (Å²) in [6.07, 6.45) is 2.04. The minimum Gasteiger partial charge on any atom is -0.371 e. The van der Waals surface area contributed by atoms with Gasteiger partial charge in [-0.05, 0) is 26.5 Å². The van der Waals surface area contributed by atoms with Gasteiger partial charge in [-0.3, -0.25) is 0 Å². The van der Waals surface area contributed by atoms with E-state index in [0.717, 1.165) is 4.43 Å². The molecule has 0 heterocycles. The van der Waals surface area contributed by atoms with Crippen LogP contribution in [0.3, 0.4) is 0 Å². The molecule has 0 aromatic rings. The van der Waals surface area contributed by atoms with E-state index in [1.807, 2.05) is 32.5 Å². The van der Waals surface area contributed by atoms with Crippen LogP contribution >= 0.6 is 22.6 Å². The molecular formula is C9H19IO3Si. The lowest BCUT2D eigenvalue weighted by molar-refractivity contribution is 0.0842. The minimum atomic E-state index is -2.50. The molecule has 0 spiro atoms. The molecule has 0 aromatic heterocycles. The van der Waals surface area contributed by atoms with Crippen molar-refractivity contribution in [2.24, 2.45) is 0 Å². The molecule has 0 atom stereocenters. The fraction of sp³-hybridized carbons (Fsp3) is 0.778. The van der Waals surface area contributed by atoms with E-state index in [2.05, 4.69) is 22.6 Å². The van der Waals surface area contributed by atoms with Crippen LogP contribution in [0.5, 0.6) is 0 Å². The van der Waals surface area contributed by atoms with E-state index < -0.39 is 8.80 Å². The van der Waals surface area contributed by atoms with Crippen LogP contribution in [-0.4, -0.2) is 33.1 Å². The summed E-state index contributed by atoms with van der Waals surface area (Å²) in [6.45, 7) is 7.74. The number of allylic oxidation sites excluding steroid dienone is 1. The van der Waals surface area contributed by atoms with Gasteiger partial charge in [0.05, 0.1) is 0 Å². The van der Waals surface area contributed by atoms with Gasteiger partial charge < -0.3 is 13.3 Å². The summed E-state index contributed by atoms with van der Waals surface area (Å²) >= 11 is 2.28. The maximum atomic E-state index is 5.62. The maximum absolute atomic E-state index is 5.62. The average molecular weight is 330 g/mol. The van der Waals surface area contributed by atoms with Crippen molar-refractivity contribution in [3.63, 3.8) is 0 Å². The lowest BCUT2D eigenvalue weighted by Gasteiger charge is -2.25. The van der Waals surface area contributed by atoms with Crippen molar-refractivity contribution in [2.75, 3.05) is 24.2 Å². The quantitative estimate of drug-likeness (QED) is 0.389. The normalized spacial score (nSPS) is 12.6. The average Bonchev–Trinajstić information content (AvgIpc) is 2.16. The van der Waals surface area contributed by atoms with Gasteiger partial charge in [0.25, 0.3) is 0 Å². The van der Waals surface area contributed by atoms with E-state index in [0.29, 0.717) is 19.8 Å². The summed E-state index contributed by atoms with van der Waals surface area (Å²) < 4.78 is 17.8. The van der Waals surface area contributed by atoms with Gasteiger partial charge in [0, 0.05) is 24.2 Å². The highest BCUT2D eigenvalue weighted by Crippen LogP contribution is 2.12. The Hall–Kier alpha value is 0.567. The summed E-state index contributed by atoms with van der Waals surface area (Å²) in [4.78, 5) is 0. The highest BCUT2D eigenvalue weighted by atomic mass is 127. The minimum absolute atomic E-state index is 0.623. The van der Waals surface area contributed by atoms with Crippen LogP contribution in [-0.2, 0) is 13.3 Å². The Morgan fingerprint density at radius 2 is 1.43 bits per heavy atom. The van der Waals surface area contributed by atoms with Crippen LogP contribution in [0.4, 0.5) is 0 Å². The second-order valence-electron chi connectivity index (χ2n) is 2.46. The molecule has 0 aliphatic heterocycles. The summed E-state index contributed by atoms with van der Waals surface area (Å²) in [5.41, 5.74) is 1.97. The van der Waals surface area contributed by atoms with Crippen LogP contribution in [0.15, 0.2) is 11.8 Å². The van der Waals surface area contributed by atoms with Crippen LogP contribution in [0.2, 0.25) is 0 Å². The molecule has 0 N–H and O–H groups in total. The Bertz CT molecular complexity index is 147. The first-order valence-electron chi connectivity index (χ1n) is 4.90. The number of alkyl halides is 1. The van der Waals surface area contributed by atoms with Gasteiger partial charge in [-0.25, -0.2) is 0 Å². The van der Waals surface area contributed by atoms with Crippen molar-refractivity contribution in [1.82, 2.24) is 0 Å². The molecule has 0 saturated carbocycles. The predicted octanol–water partition coefficient (Wildman–Crippen LogP) is 2.57. The molecule has 0 fully saturated rings. The van der Waals surface area contributed by atoms with Crippen molar-refractivity contribution in [3.05, 3.63) is 11.8 Å². The lowest BCUT2D eigenvalue weighted by atomic mass is 10.8. The molecule has 0 amide bonds. The molecule has 14 heavy (non-hydrogen) atoms. The van der Waals surface area contributed by atoms with Gasteiger partial charge in [-0.1, -0.05) is 28.7 Å². The molecule has 0 rings (SSSR count). The van der Waals surface area contributed by atoms with Gasteiger partial charge in [0.1, 0.15) is 0 Å². The second kappa shape index (κ2) is 8.84. The summed E-state index contributed by atoms with van der Waals surface area (Å²) in [7, 11) is -2.50. The molecule has 0 bridgehead atoms. The molecule has 0 aliphatic rings. The Kier molecular flexibility index (Phi) is 9.20. The predicted molar refractivity (Wildman–Crippen MR) is 68.7 cm³/mol. The standard InChI is InChI=1S/C9H19IO3Si/c1-4-11-14(12-5-2,13-6-3)9-7-8-10/h7,9H,4-6,8H2,1-3H3. The van der Waals surface area contributed by atoms with E-state index >= 15 is 0 Å². The van der Waals surface area contributed by atoms with Gasteiger partial charge in [0.2, 0.25) is 0 Å². The summed E-state index contributed by atoms with van der Waals surface area (Å²) in [5, 5.41) is 0. The van der Waals surface area contributed by atoms with Crippen LogP contribution in [0.1, 0.15) is 20.8 Å². The first-order valence-corrected chi connectivity index (χ1v) is 8.22. The van der Waals surface area contributed by atoms with Crippen molar-refractivity contribution >= 4 is 31.4 Å². The summed E-state index contributed by atoms with van der Waals surface area (Å²) in [6, 6.07) is 0. The highest BCUT2D eigenvalue weighted by Gasteiger charge is 2.37.